The van der Waals surface area contributed by atoms with Gasteiger partial charge in [-0.15, -0.1) is 13.2 Å². The summed E-state index contributed by atoms with van der Waals surface area (Å²) in [4.78, 5) is 24.3. The molecule has 1 aliphatic carbocycles. The minimum absolute atomic E-state index is 0.309. The molecule has 0 bridgehead atoms. The molecule has 0 heterocycles. The van der Waals surface area contributed by atoms with E-state index >= 15 is 0 Å². The predicted molar refractivity (Wildman–Crippen MR) is 129 cm³/mol. The molecule has 0 aliphatic heterocycles. The van der Waals surface area contributed by atoms with E-state index in [1.165, 1.54) is 0 Å². The number of hydrogen-bond donors (Lipinski definition) is 1. The Hall–Kier alpha value is -3.08. The molecule has 3 rings (SSSR count). The summed E-state index contributed by atoms with van der Waals surface area (Å²) in [6, 6.07) is 15.7. The van der Waals surface area contributed by atoms with E-state index in [1.807, 2.05) is 32.9 Å². The number of nitrogens with one attached hydrogen (secondary N) is 1. The summed E-state index contributed by atoms with van der Waals surface area (Å²) in [5, 5.41) is 3.14. The van der Waals surface area contributed by atoms with Crippen molar-refractivity contribution < 1.29 is 19.1 Å². The van der Waals surface area contributed by atoms with Gasteiger partial charge in [-0.3, -0.25) is 0 Å². The van der Waals surface area contributed by atoms with Crippen molar-refractivity contribution in [3.05, 3.63) is 72.8 Å². The van der Waals surface area contributed by atoms with Crippen LogP contribution in [0.25, 0.3) is 11.1 Å². The van der Waals surface area contributed by atoms with Crippen LogP contribution in [-0.2, 0) is 15.0 Å². The number of carbonyl (C=O) groups excluding carboxylic acids is 2. The van der Waals surface area contributed by atoms with Crippen molar-refractivity contribution in [2.24, 2.45) is 0 Å². The lowest BCUT2D eigenvalue weighted by molar-refractivity contribution is 0.0452. The van der Waals surface area contributed by atoms with Crippen LogP contribution in [0.1, 0.15) is 69.3 Å². The summed E-state index contributed by atoms with van der Waals surface area (Å²) in [6.45, 7) is 13.8. The SMILES string of the molecule is C=C.CCOC(=O)c1ccc(-c2ccc(C3(NC(=O)OC(C)(C)C)CCCC3)cc2)cc1. The zero-order chi connectivity index (χ0) is 23.8. The molecule has 0 unspecified atom stereocenters. The molecular formula is C27H35NO4. The summed E-state index contributed by atoms with van der Waals surface area (Å²) in [5.41, 5.74) is 2.81. The Kier molecular flexibility index (Phi) is 8.64. The van der Waals surface area contributed by atoms with E-state index in [0.717, 1.165) is 42.4 Å². The van der Waals surface area contributed by atoms with Crippen LogP contribution >= 0.6 is 0 Å². The Labute approximate surface area is 191 Å². The van der Waals surface area contributed by atoms with Crippen molar-refractivity contribution in [2.45, 2.75) is 64.5 Å². The zero-order valence-electron chi connectivity index (χ0n) is 19.7. The number of rotatable bonds is 5. The first-order chi connectivity index (χ1) is 15.2. The van der Waals surface area contributed by atoms with Crippen LogP contribution in [0.3, 0.4) is 0 Å². The lowest BCUT2D eigenvalue weighted by atomic mass is 9.87. The first-order valence-corrected chi connectivity index (χ1v) is 11.1. The Bertz CT molecular complexity index is 889. The van der Waals surface area contributed by atoms with Crippen molar-refractivity contribution in [1.29, 1.82) is 0 Å². The third-order valence-electron chi connectivity index (χ3n) is 5.36. The Balaban J connectivity index is 0.00000176. The molecule has 5 heteroatoms. The molecule has 0 saturated heterocycles. The molecule has 0 radical (unpaired) electrons. The largest absolute Gasteiger partial charge is 0.462 e. The number of amides is 1. The molecule has 1 amide bonds. The highest BCUT2D eigenvalue weighted by atomic mass is 16.6. The second kappa shape index (κ2) is 11.0. The number of benzene rings is 2. The number of ether oxygens (including phenoxy) is 2. The van der Waals surface area contributed by atoms with Crippen molar-refractivity contribution in [3.63, 3.8) is 0 Å². The number of alkyl carbamates (subject to hydrolysis) is 1. The van der Waals surface area contributed by atoms with Crippen molar-refractivity contribution in [1.82, 2.24) is 5.32 Å². The van der Waals surface area contributed by atoms with Crippen LogP contribution in [0.4, 0.5) is 4.79 Å². The molecule has 1 saturated carbocycles. The molecule has 1 fully saturated rings. The molecule has 32 heavy (non-hydrogen) atoms. The van der Waals surface area contributed by atoms with Gasteiger partial charge in [0.15, 0.2) is 0 Å². The van der Waals surface area contributed by atoms with Gasteiger partial charge >= 0.3 is 12.1 Å². The highest BCUT2D eigenvalue weighted by molar-refractivity contribution is 5.90. The molecule has 0 spiro atoms. The quantitative estimate of drug-likeness (QED) is 0.421. The van der Waals surface area contributed by atoms with E-state index in [-0.39, 0.29) is 17.6 Å². The topological polar surface area (TPSA) is 64.6 Å². The minimum atomic E-state index is -0.524. The van der Waals surface area contributed by atoms with Gasteiger partial charge in [0, 0.05) is 0 Å². The van der Waals surface area contributed by atoms with Crippen molar-refractivity contribution in [3.8, 4) is 11.1 Å². The summed E-state index contributed by atoms with van der Waals surface area (Å²) in [6.07, 6.45) is 3.59. The smallest absolute Gasteiger partial charge is 0.408 e. The van der Waals surface area contributed by atoms with Crippen LogP contribution < -0.4 is 5.32 Å². The van der Waals surface area contributed by atoms with Gasteiger partial charge in [0.1, 0.15) is 5.60 Å². The number of esters is 1. The van der Waals surface area contributed by atoms with Crippen molar-refractivity contribution in [2.75, 3.05) is 6.61 Å². The summed E-state index contributed by atoms with van der Waals surface area (Å²) < 4.78 is 10.5. The van der Waals surface area contributed by atoms with E-state index < -0.39 is 5.60 Å². The lowest BCUT2D eigenvalue weighted by Gasteiger charge is -2.32. The number of hydrogen-bond acceptors (Lipinski definition) is 4. The fourth-order valence-electron chi connectivity index (χ4n) is 3.96. The fourth-order valence-corrected chi connectivity index (χ4v) is 3.96. The molecule has 0 aromatic heterocycles. The third-order valence-corrected chi connectivity index (χ3v) is 5.36. The second-order valence-corrected chi connectivity index (χ2v) is 8.79. The van der Waals surface area contributed by atoms with Crippen LogP contribution in [0.2, 0.25) is 0 Å². The molecular weight excluding hydrogens is 402 g/mol. The molecule has 0 atom stereocenters. The van der Waals surface area contributed by atoms with E-state index in [9.17, 15) is 9.59 Å². The van der Waals surface area contributed by atoms with Crippen LogP contribution in [0, 0.1) is 0 Å². The van der Waals surface area contributed by atoms with Crippen LogP contribution in [0.15, 0.2) is 61.7 Å². The molecule has 1 aliphatic rings. The normalized spacial score (nSPS) is 14.6. The predicted octanol–water partition coefficient (Wildman–Crippen LogP) is 6.63. The highest BCUT2D eigenvalue weighted by Crippen LogP contribution is 2.39. The molecule has 2 aromatic rings. The van der Waals surface area contributed by atoms with Crippen LogP contribution in [-0.4, -0.2) is 24.3 Å². The Morgan fingerprint density at radius 2 is 1.44 bits per heavy atom. The van der Waals surface area contributed by atoms with Crippen molar-refractivity contribution >= 4 is 12.1 Å². The van der Waals surface area contributed by atoms with Gasteiger partial charge in [0.2, 0.25) is 0 Å². The zero-order valence-corrected chi connectivity index (χ0v) is 19.7. The summed E-state index contributed by atoms with van der Waals surface area (Å²) >= 11 is 0. The minimum Gasteiger partial charge on any atom is -0.462 e. The average Bonchev–Trinajstić information content (AvgIpc) is 3.23. The van der Waals surface area contributed by atoms with Gasteiger partial charge in [-0.05, 0) is 69.4 Å². The van der Waals surface area contributed by atoms with Gasteiger partial charge in [-0.2, -0.15) is 0 Å². The third kappa shape index (κ3) is 6.46. The van der Waals surface area contributed by atoms with Crippen LogP contribution in [0.5, 0.6) is 0 Å². The lowest BCUT2D eigenvalue weighted by Crippen LogP contribution is -2.46. The van der Waals surface area contributed by atoms with E-state index in [2.05, 4.69) is 42.7 Å². The second-order valence-electron chi connectivity index (χ2n) is 8.79. The van der Waals surface area contributed by atoms with Gasteiger partial charge in [-0.25, -0.2) is 9.59 Å². The Morgan fingerprint density at radius 1 is 0.938 bits per heavy atom. The molecule has 172 valence electrons. The standard InChI is InChI=1S/C25H31NO4.C2H4/c1-5-29-22(27)20-10-8-18(9-11-20)19-12-14-21(15-13-19)25(16-6-7-17-25)26-23(28)30-24(2,3)4;1-2/h8-15H,5-7,16-17H2,1-4H3,(H,26,28);1-2H2. The first kappa shape index (κ1) is 25.2. The molecule has 1 N–H and O–H groups in total. The fraction of sp³-hybridized carbons (Fsp3) is 0.407. The van der Waals surface area contributed by atoms with E-state index in [4.69, 9.17) is 9.47 Å². The van der Waals surface area contributed by atoms with Gasteiger partial charge in [-0.1, -0.05) is 49.2 Å². The Morgan fingerprint density at radius 3 is 1.91 bits per heavy atom. The molecule has 5 nitrogen and oxygen atoms in total. The number of carbonyl (C=O) groups is 2. The maximum atomic E-state index is 12.4. The van der Waals surface area contributed by atoms with Gasteiger partial charge < -0.3 is 14.8 Å². The monoisotopic (exact) mass is 437 g/mol. The van der Waals surface area contributed by atoms with Gasteiger partial charge in [0.05, 0.1) is 17.7 Å². The van der Waals surface area contributed by atoms with E-state index in [0.29, 0.717) is 12.2 Å². The maximum absolute atomic E-state index is 12.4. The van der Waals surface area contributed by atoms with Gasteiger partial charge in [0.25, 0.3) is 0 Å². The summed E-state index contributed by atoms with van der Waals surface area (Å²) in [7, 11) is 0. The summed E-state index contributed by atoms with van der Waals surface area (Å²) in [5.74, 6) is -0.309. The molecule has 2 aromatic carbocycles. The first-order valence-electron chi connectivity index (χ1n) is 11.1. The van der Waals surface area contributed by atoms with E-state index in [1.54, 1.807) is 19.1 Å². The maximum Gasteiger partial charge on any atom is 0.408 e. The average molecular weight is 438 g/mol. The highest BCUT2D eigenvalue weighted by Gasteiger charge is 2.38.